The van der Waals surface area contributed by atoms with Crippen LogP contribution in [0.15, 0.2) is 18.2 Å². The molecule has 0 saturated carbocycles. The molecular weight excluding hydrogens is 254 g/mol. The normalized spacial score (nSPS) is 17.9. The Labute approximate surface area is 107 Å². The number of rotatable bonds is 3. The van der Waals surface area contributed by atoms with Gasteiger partial charge < -0.3 is 15.7 Å². The van der Waals surface area contributed by atoms with Gasteiger partial charge in [-0.3, -0.25) is 19.7 Å². The second-order valence-electron chi connectivity index (χ2n) is 4.12. The number of hydrogen-bond acceptors (Lipinski definition) is 5. The third-order valence-electron chi connectivity index (χ3n) is 2.81. The number of phenols is 1. The van der Waals surface area contributed by atoms with E-state index in [-0.39, 0.29) is 30.3 Å². The maximum absolute atomic E-state index is 11.9. The molecule has 1 unspecified atom stereocenters. The molecule has 0 spiro atoms. The summed E-state index contributed by atoms with van der Waals surface area (Å²) in [4.78, 5) is 33.0. The monoisotopic (exact) mass is 265 g/mol. The van der Waals surface area contributed by atoms with Crippen LogP contribution in [-0.4, -0.2) is 28.4 Å². The van der Waals surface area contributed by atoms with E-state index < -0.39 is 22.4 Å². The summed E-state index contributed by atoms with van der Waals surface area (Å²) in [5.74, 6) is -1.76. The first-order valence-electron chi connectivity index (χ1n) is 5.53. The first-order chi connectivity index (χ1) is 8.99. The molecule has 1 atom stereocenters. The Morgan fingerprint density at radius 1 is 1.53 bits per heavy atom. The van der Waals surface area contributed by atoms with Crippen LogP contribution in [0.5, 0.6) is 5.75 Å². The van der Waals surface area contributed by atoms with Gasteiger partial charge in [-0.2, -0.15) is 0 Å². The first-order valence-corrected chi connectivity index (χ1v) is 5.53. The highest BCUT2D eigenvalue weighted by molar-refractivity contribution is 5.99. The van der Waals surface area contributed by atoms with E-state index in [4.69, 9.17) is 0 Å². The van der Waals surface area contributed by atoms with Crippen LogP contribution in [0.4, 0.5) is 11.4 Å². The lowest BCUT2D eigenvalue weighted by Crippen LogP contribution is -2.25. The van der Waals surface area contributed by atoms with Crippen LogP contribution in [0.1, 0.15) is 6.42 Å². The zero-order valence-corrected chi connectivity index (χ0v) is 9.75. The van der Waals surface area contributed by atoms with E-state index in [1.54, 1.807) is 0 Å². The van der Waals surface area contributed by atoms with Gasteiger partial charge in [0.25, 0.3) is 5.69 Å². The van der Waals surface area contributed by atoms with Gasteiger partial charge in [-0.05, 0) is 6.07 Å². The molecule has 1 heterocycles. The molecule has 1 aromatic rings. The standard InChI is InChI=1S/C11H11N3O5/c15-8-3-1-2-7(14(18)19)10(8)13-11(17)6-4-9(16)12-5-6/h1-3,6,15H,4-5H2,(H,12,16)(H,13,17). The second-order valence-corrected chi connectivity index (χ2v) is 4.12. The van der Waals surface area contributed by atoms with E-state index in [2.05, 4.69) is 10.6 Å². The van der Waals surface area contributed by atoms with E-state index in [1.165, 1.54) is 18.2 Å². The highest BCUT2D eigenvalue weighted by atomic mass is 16.6. The quantitative estimate of drug-likeness (QED) is 0.414. The van der Waals surface area contributed by atoms with Crippen molar-refractivity contribution in [1.82, 2.24) is 5.32 Å². The van der Waals surface area contributed by atoms with Gasteiger partial charge in [-0.1, -0.05) is 6.07 Å². The number of amides is 2. The topological polar surface area (TPSA) is 122 Å². The fourth-order valence-electron chi connectivity index (χ4n) is 1.82. The molecule has 2 rings (SSSR count). The summed E-state index contributed by atoms with van der Waals surface area (Å²) >= 11 is 0. The Kier molecular flexibility index (Phi) is 3.32. The predicted molar refractivity (Wildman–Crippen MR) is 64.5 cm³/mol. The van der Waals surface area contributed by atoms with Gasteiger partial charge in [0.15, 0.2) is 5.69 Å². The second kappa shape index (κ2) is 4.92. The summed E-state index contributed by atoms with van der Waals surface area (Å²) in [5, 5.41) is 25.2. The minimum Gasteiger partial charge on any atom is -0.505 e. The number of nitrogens with zero attached hydrogens (tertiary/aromatic N) is 1. The molecule has 100 valence electrons. The minimum atomic E-state index is -0.701. The van der Waals surface area contributed by atoms with Crippen molar-refractivity contribution in [1.29, 1.82) is 0 Å². The Hall–Kier alpha value is -2.64. The molecule has 1 aliphatic heterocycles. The largest absolute Gasteiger partial charge is 0.505 e. The first kappa shape index (κ1) is 12.8. The average molecular weight is 265 g/mol. The Morgan fingerprint density at radius 2 is 2.26 bits per heavy atom. The maximum Gasteiger partial charge on any atom is 0.296 e. The van der Waals surface area contributed by atoms with Crippen molar-refractivity contribution in [3.8, 4) is 5.75 Å². The van der Waals surface area contributed by atoms with Gasteiger partial charge in [0, 0.05) is 19.0 Å². The molecule has 1 aliphatic rings. The fourth-order valence-corrected chi connectivity index (χ4v) is 1.82. The number of benzene rings is 1. The lowest BCUT2D eigenvalue weighted by molar-refractivity contribution is -0.384. The summed E-state index contributed by atoms with van der Waals surface area (Å²) in [6.07, 6.45) is 0.0349. The number of nitro benzene ring substituents is 1. The van der Waals surface area contributed by atoms with Gasteiger partial charge in [0.1, 0.15) is 5.75 Å². The molecule has 1 saturated heterocycles. The van der Waals surface area contributed by atoms with E-state index in [1.807, 2.05) is 0 Å². The summed E-state index contributed by atoms with van der Waals surface area (Å²) in [6.45, 7) is 0.187. The van der Waals surface area contributed by atoms with E-state index in [0.29, 0.717) is 0 Å². The molecule has 0 radical (unpaired) electrons. The molecular formula is C11H11N3O5. The summed E-state index contributed by atoms with van der Waals surface area (Å²) < 4.78 is 0. The van der Waals surface area contributed by atoms with Crippen LogP contribution >= 0.6 is 0 Å². The van der Waals surface area contributed by atoms with E-state index in [0.717, 1.165) is 0 Å². The van der Waals surface area contributed by atoms with Gasteiger partial charge in [0.2, 0.25) is 11.8 Å². The number of carbonyl (C=O) groups is 2. The molecule has 0 aliphatic carbocycles. The van der Waals surface area contributed by atoms with Crippen molar-refractivity contribution in [2.45, 2.75) is 6.42 Å². The van der Waals surface area contributed by atoms with E-state index >= 15 is 0 Å². The Balaban J connectivity index is 2.21. The van der Waals surface area contributed by atoms with Crippen LogP contribution in [0.3, 0.4) is 0 Å². The number of phenolic OH excluding ortho intramolecular Hbond substituents is 1. The molecule has 1 aromatic carbocycles. The van der Waals surface area contributed by atoms with Crippen molar-refractivity contribution >= 4 is 23.2 Å². The Bertz CT molecular complexity index is 557. The SMILES string of the molecule is O=C1CC(C(=O)Nc2c(O)cccc2[N+](=O)[O-])CN1. The molecule has 8 nitrogen and oxygen atoms in total. The van der Waals surface area contributed by atoms with Crippen LogP contribution in [0, 0.1) is 16.0 Å². The van der Waals surface area contributed by atoms with Crippen LogP contribution < -0.4 is 10.6 Å². The number of carbonyl (C=O) groups excluding carboxylic acids is 2. The van der Waals surface area contributed by atoms with Crippen molar-refractivity contribution in [3.63, 3.8) is 0 Å². The minimum absolute atomic E-state index is 0.0349. The lowest BCUT2D eigenvalue weighted by atomic mass is 10.1. The fraction of sp³-hybridized carbons (Fsp3) is 0.273. The number of nitro groups is 1. The smallest absolute Gasteiger partial charge is 0.296 e. The van der Waals surface area contributed by atoms with Crippen LogP contribution in [0.2, 0.25) is 0 Å². The molecule has 0 aromatic heterocycles. The highest BCUT2D eigenvalue weighted by Gasteiger charge is 2.30. The van der Waals surface area contributed by atoms with E-state index in [9.17, 15) is 24.8 Å². The van der Waals surface area contributed by atoms with Gasteiger partial charge in [-0.25, -0.2) is 0 Å². The zero-order chi connectivity index (χ0) is 14.0. The summed E-state index contributed by atoms with van der Waals surface area (Å²) in [5.41, 5.74) is -0.650. The lowest BCUT2D eigenvalue weighted by Gasteiger charge is -2.10. The number of para-hydroxylation sites is 1. The Morgan fingerprint density at radius 3 is 2.84 bits per heavy atom. The average Bonchev–Trinajstić information content (AvgIpc) is 2.78. The number of aromatic hydroxyl groups is 1. The molecule has 2 amide bonds. The molecule has 0 bridgehead atoms. The van der Waals surface area contributed by atoms with Crippen LogP contribution in [0.25, 0.3) is 0 Å². The molecule has 19 heavy (non-hydrogen) atoms. The molecule has 1 fully saturated rings. The predicted octanol–water partition coefficient (Wildman–Crippen LogP) is 0.375. The summed E-state index contributed by atoms with van der Waals surface area (Å²) in [6, 6.07) is 3.72. The van der Waals surface area contributed by atoms with Crippen molar-refractivity contribution in [2.75, 3.05) is 11.9 Å². The number of nitrogens with one attached hydrogen (secondary N) is 2. The van der Waals surface area contributed by atoms with Crippen molar-refractivity contribution < 1.29 is 19.6 Å². The third kappa shape index (κ3) is 2.62. The van der Waals surface area contributed by atoms with Gasteiger partial charge in [-0.15, -0.1) is 0 Å². The van der Waals surface area contributed by atoms with Gasteiger partial charge >= 0.3 is 0 Å². The molecule has 8 heteroatoms. The highest BCUT2D eigenvalue weighted by Crippen LogP contribution is 2.33. The van der Waals surface area contributed by atoms with Crippen molar-refractivity contribution in [3.05, 3.63) is 28.3 Å². The number of anilines is 1. The maximum atomic E-state index is 11.9. The van der Waals surface area contributed by atoms with Gasteiger partial charge in [0.05, 0.1) is 10.8 Å². The zero-order valence-electron chi connectivity index (χ0n) is 9.75. The number of hydrogen-bond donors (Lipinski definition) is 3. The molecule has 3 N–H and O–H groups in total. The third-order valence-corrected chi connectivity index (χ3v) is 2.81. The van der Waals surface area contributed by atoms with Crippen LogP contribution in [-0.2, 0) is 9.59 Å². The summed E-state index contributed by atoms with van der Waals surface area (Å²) in [7, 11) is 0. The van der Waals surface area contributed by atoms with Crippen molar-refractivity contribution in [2.24, 2.45) is 5.92 Å².